The van der Waals surface area contributed by atoms with Gasteiger partial charge in [-0.1, -0.05) is 19.8 Å². The second-order valence-electron chi connectivity index (χ2n) is 5.29. The maximum Gasteiger partial charge on any atom is 0.312 e. The minimum absolute atomic E-state index is 0.0649. The summed E-state index contributed by atoms with van der Waals surface area (Å²) in [5, 5.41) is 11.1. The first-order valence-corrected chi connectivity index (χ1v) is 7.31. The third-order valence-corrected chi connectivity index (χ3v) is 4.23. The fourth-order valence-electron chi connectivity index (χ4n) is 2.75. The lowest BCUT2D eigenvalue weighted by atomic mass is 9.86. The quantitative estimate of drug-likeness (QED) is 0.626. The molecule has 1 aromatic heterocycles. The van der Waals surface area contributed by atoms with E-state index in [4.69, 9.17) is 0 Å². The van der Waals surface area contributed by atoms with E-state index in [2.05, 4.69) is 27.8 Å². The lowest BCUT2D eigenvalue weighted by Gasteiger charge is -2.34. The van der Waals surface area contributed by atoms with Gasteiger partial charge in [-0.05, 0) is 34.7 Å². The molecule has 0 N–H and O–H groups in total. The summed E-state index contributed by atoms with van der Waals surface area (Å²) >= 11 is 3.23. The van der Waals surface area contributed by atoms with Crippen LogP contribution in [0.5, 0.6) is 0 Å². The highest BCUT2D eigenvalue weighted by molar-refractivity contribution is 9.10. The normalized spacial score (nSPS) is 23.1. The Morgan fingerprint density at radius 3 is 2.89 bits per heavy atom. The Morgan fingerprint density at radius 2 is 2.26 bits per heavy atom. The molecule has 0 aliphatic heterocycles. The molecule has 1 aliphatic carbocycles. The smallest absolute Gasteiger partial charge is 0.312 e. The van der Waals surface area contributed by atoms with Crippen molar-refractivity contribution >= 4 is 27.4 Å². The maximum atomic E-state index is 11.1. The number of rotatable bonds is 3. The number of pyridine rings is 1. The molecule has 0 radical (unpaired) electrons. The van der Waals surface area contributed by atoms with Crippen molar-refractivity contribution in [2.24, 2.45) is 5.92 Å². The molecule has 1 aliphatic rings. The van der Waals surface area contributed by atoms with Crippen LogP contribution in [0, 0.1) is 16.0 Å². The van der Waals surface area contributed by atoms with Gasteiger partial charge in [0.2, 0.25) is 5.82 Å². The summed E-state index contributed by atoms with van der Waals surface area (Å²) in [7, 11) is 1.91. The van der Waals surface area contributed by atoms with Crippen LogP contribution in [0.1, 0.15) is 32.6 Å². The molecule has 2 atom stereocenters. The van der Waals surface area contributed by atoms with Crippen LogP contribution >= 0.6 is 15.9 Å². The SMILES string of the molecule is CC1CCCC(N(C)c2ncc(Br)cc2[N+](=O)[O-])C1. The van der Waals surface area contributed by atoms with Crippen LogP contribution in [0.4, 0.5) is 11.5 Å². The Balaban J connectivity index is 2.27. The number of nitrogens with zero attached hydrogens (tertiary/aromatic N) is 3. The topological polar surface area (TPSA) is 59.3 Å². The largest absolute Gasteiger partial charge is 0.351 e. The van der Waals surface area contributed by atoms with Gasteiger partial charge < -0.3 is 4.90 Å². The second kappa shape index (κ2) is 5.86. The Bertz CT molecular complexity index is 481. The summed E-state index contributed by atoms with van der Waals surface area (Å²) in [4.78, 5) is 17.0. The number of hydrogen-bond acceptors (Lipinski definition) is 4. The molecule has 19 heavy (non-hydrogen) atoms. The lowest BCUT2D eigenvalue weighted by molar-refractivity contribution is -0.384. The molecule has 1 heterocycles. The Labute approximate surface area is 121 Å². The van der Waals surface area contributed by atoms with Gasteiger partial charge in [0.25, 0.3) is 0 Å². The van der Waals surface area contributed by atoms with E-state index in [1.54, 1.807) is 6.20 Å². The Kier molecular flexibility index (Phi) is 4.39. The molecule has 1 aromatic rings. The van der Waals surface area contributed by atoms with Crippen LogP contribution in [0.15, 0.2) is 16.7 Å². The van der Waals surface area contributed by atoms with Crippen LogP contribution < -0.4 is 4.90 Å². The van der Waals surface area contributed by atoms with Crippen molar-refractivity contribution in [1.82, 2.24) is 4.98 Å². The summed E-state index contributed by atoms with van der Waals surface area (Å²) in [6.45, 7) is 2.24. The van der Waals surface area contributed by atoms with Gasteiger partial charge in [0.05, 0.1) is 4.92 Å². The van der Waals surface area contributed by atoms with Crippen LogP contribution in [-0.4, -0.2) is 23.0 Å². The predicted molar refractivity (Wildman–Crippen MR) is 78.4 cm³/mol. The summed E-state index contributed by atoms with van der Waals surface area (Å²) < 4.78 is 0.633. The maximum absolute atomic E-state index is 11.1. The lowest BCUT2D eigenvalue weighted by Crippen LogP contribution is -2.36. The standard InChI is InChI=1S/C13H18BrN3O2/c1-9-4-3-5-11(6-9)16(2)13-12(17(18)19)7-10(14)8-15-13/h7-9,11H,3-6H2,1-2H3. The van der Waals surface area contributed by atoms with Crippen molar-refractivity contribution in [2.45, 2.75) is 38.6 Å². The van der Waals surface area contributed by atoms with Crippen molar-refractivity contribution in [3.63, 3.8) is 0 Å². The molecule has 5 nitrogen and oxygen atoms in total. The summed E-state index contributed by atoms with van der Waals surface area (Å²) in [5.74, 6) is 1.14. The van der Waals surface area contributed by atoms with Crippen molar-refractivity contribution < 1.29 is 4.92 Å². The molecule has 0 bridgehead atoms. The van der Waals surface area contributed by atoms with Crippen LogP contribution in [-0.2, 0) is 0 Å². The van der Waals surface area contributed by atoms with Gasteiger partial charge >= 0.3 is 5.69 Å². The fourth-order valence-corrected chi connectivity index (χ4v) is 3.07. The van der Waals surface area contributed by atoms with Gasteiger partial charge in [-0.15, -0.1) is 0 Å². The Hall–Kier alpha value is -1.17. The van der Waals surface area contributed by atoms with Crippen molar-refractivity contribution in [3.05, 3.63) is 26.9 Å². The monoisotopic (exact) mass is 327 g/mol. The zero-order valence-corrected chi connectivity index (χ0v) is 12.8. The minimum atomic E-state index is -0.365. The highest BCUT2D eigenvalue weighted by Gasteiger charge is 2.27. The molecule has 0 aromatic carbocycles. The highest BCUT2D eigenvalue weighted by Crippen LogP contribution is 2.33. The van der Waals surface area contributed by atoms with Crippen molar-refractivity contribution in [2.75, 3.05) is 11.9 Å². The van der Waals surface area contributed by atoms with E-state index in [9.17, 15) is 10.1 Å². The summed E-state index contributed by atoms with van der Waals surface area (Å²) in [6, 6.07) is 1.86. The second-order valence-corrected chi connectivity index (χ2v) is 6.21. The van der Waals surface area contributed by atoms with Crippen LogP contribution in [0.2, 0.25) is 0 Å². The average molecular weight is 328 g/mol. The molecule has 2 rings (SSSR count). The molecular formula is C13H18BrN3O2. The van der Waals surface area contributed by atoms with Crippen molar-refractivity contribution in [3.8, 4) is 0 Å². The Morgan fingerprint density at radius 1 is 1.53 bits per heavy atom. The molecule has 6 heteroatoms. The average Bonchev–Trinajstić information content (AvgIpc) is 2.37. The first kappa shape index (κ1) is 14.2. The number of aromatic nitrogens is 1. The van der Waals surface area contributed by atoms with E-state index in [0.717, 1.165) is 12.8 Å². The number of hydrogen-bond donors (Lipinski definition) is 0. The first-order valence-electron chi connectivity index (χ1n) is 6.51. The van der Waals surface area contributed by atoms with Gasteiger partial charge in [-0.25, -0.2) is 4.98 Å². The van der Waals surface area contributed by atoms with Gasteiger partial charge in [-0.3, -0.25) is 10.1 Å². The summed E-state index contributed by atoms with van der Waals surface area (Å²) in [5.41, 5.74) is 0.0649. The van der Waals surface area contributed by atoms with E-state index < -0.39 is 0 Å². The molecule has 1 saturated carbocycles. The van der Waals surface area contributed by atoms with Gasteiger partial charge in [0.1, 0.15) is 0 Å². The van der Waals surface area contributed by atoms with E-state index in [1.165, 1.54) is 18.9 Å². The molecule has 104 valence electrons. The molecule has 0 spiro atoms. The zero-order valence-electron chi connectivity index (χ0n) is 11.2. The van der Waals surface area contributed by atoms with E-state index in [0.29, 0.717) is 22.3 Å². The van der Waals surface area contributed by atoms with Crippen molar-refractivity contribution in [1.29, 1.82) is 0 Å². The van der Waals surface area contributed by atoms with E-state index in [1.807, 2.05) is 11.9 Å². The van der Waals surface area contributed by atoms with Gasteiger partial charge in [0.15, 0.2) is 0 Å². The fraction of sp³-hybridized carbons (Fsp3) is 0.615. The molecule has 1 fully saturated rings. The molecule has 0 saturated heterocycles. The van der Waals surface area contributed by atoms with E-state index >= 15 is 0 Å². The number of anilines is 1. The molecule has 0 amide bonds. The van der Waals surface area contributed by atoms with E-state index in [-0.39, 0.29) is 10.6 Å². The number of halogens is 1. The number of nitro groups is 1. The van der Waals surface area contributed by atoms with Crippen LogP contribution in [0.3, 0.4) is 0 Å². The highest BCUT2D eigenvalue weighted by atomic mass is 79.9. The third kappa shape index (κ3) is 3.23. The minimum Gasteiger partial charge on any atom is -0.351 e. The van der Waals surface area contributed by atoms with Crippen LogP contribution in [0.25, 0.3) is 0 Å². The van der Waals surface area contributed by atoms with Gasteiger partial charge in [0, 0.05) is 29.8 Å². The van der Waals surface area contributed by atoms with Gasteiger partial charge in [-0.2, -0.15) is 0 Å². The molecular weight excluding hydrogens is 310 g/mol. The molecule has 2 unspecified atom stereocenters. The zero-order chi connectivity index (χ0) is 14.0. The summed E-state index contributed by atoms with van der Waals surface area (Å²) in [6.07, 6.45) is 6.20. The third-order valence-electron chi connectivity index (χ3n) is 3.80. The first-order chi connectivity index (χ1) is 8.99. The predicted octanol–water partition coefficient (Wildman–Crippen LogP) is 3.77.